The molecule has 0 saturated carbocycles. The minimum atomic E-state index is 1.11. The van der Waals surface area contributed by atoms with Crippen molar-refractivity contribution < 1.29 is 0 Å². The highest BCUT2D eigenvalue weighted by Gasteiger charge is 2.20. The van der Waals surface area contributed by atoms with Gasteiger partial charge in [0.05, 0.1) is 15.7 Å². The first-order valence-electron chi connectivity index (χ1n) is 19.4. The van der Waals surface area contributed by atoms with E-state index in [4.69, 9.17) is 0 Å². The van der Waals surface area contributed by atoms with Crippen LogP contribution in [0.1, 0.15) is 0 Å². The number of hydrogen-bond acceptors (Lipinski definition) is 2. The van der Waals surface area contributed by atoms with Gasteiger partial charge in [-0.25, -0.2) is 0 Å². The molecule has 0 aliphatic rings. The summed E-state index contributed by atoms with van der Waals surface area (Å²) in [7, 11) is 0. The van der Waals surface area contributed by atoms with E-state index in [1.807, 2.05) is 11.3 Å². The molecule has 0 unspecified atom stereocenters. The Kier molecular flexibility index (Phi) is 8.04. The molecule has 0 radical (unpaired) electrons. The van der Waals surface area contributed by atoms with Gasteiger partial charge in [0, 0.05) is 28.0 Å². The van der Waals surface area contributed by atoms with Crippen molar-refractivity contribution in [2.24, 2.45) is 0 Å². The van der Waals surface area contributed by atoms with Crippen LogP contribution < -0.4 is 4.90 Å². The van der Waals surface area contributed by atoms with Crippen molar-refractivity contribution in [2.45, 2.75) is 0 Å². The fraction of sp³-hybridized carbons (Fsp3) is 0. The number of aromatic nitrogens is 1. The zero-order valence-electron chi connectivity index (χ0n) is 31.1. The molecule has 57 heavy (non-hydrogen) atoms. The lowest BCUT2D eigenvalue weighted by Gasteiger charge is -2.26. The Balaban J connectivity index is 0.989. The predicted octanol–water partition coefficient (Wildman–Crippen LogP) is 15.6. The molecule has 0 fully saturated rings. The van der Waals surface area contributed by atoms with E-state index in [-0.39, 0.29) is 0 Å². The van der Waals surface area contributed by atoms with Gasteiger partial charge in [0.25, 0.3) is 0 Å². The maximum atomic E-state index is 2.47. The first-order chi connectivity index (χ1) is 28.2. The van der Waals surface area contributed by atoms with Crippen molar-refractivity contribution in [1.29, 1.82) is 0 Å². The first kappa shape index (κ1) is 33.2. The molecule has 2 aromatic heterocycles. The molecular weight excluding hydrogens is 709 g/mol. The summed E-state index contributed by atoms with van der Waals surface area (Å²) in [4.78, 5) is 3.63. The molecule has 3 heteroatoms. The second kappa shape index (κ2) is 13.8. The largest absolute Gasteiger partial charge is 0.311 e. The molecule has 9 aromatic carbocycles. The lowest BCUT2D eigenvalue weighted by Crippen LogP contribution is -2.09. The summed E-state index contributed by atoms with van der Waals surface area (Å²) in [6.45, 7) is 0. The molecule has 2 nitrogen and oxygen atoms in total. The molecule has 0 N–H and O–H groups in total. The highest BCUT2D eigenvalue weighted by molar-refractivity contribution is 7.24. The number of hydrogen-bond donors (Lipinski definition) is 0. The molecule has 0 bridgehead atoms. The normalized spacial score (nSPS) is 11.5. The Bertz CT molecular complexity index is 3100. The van der Waals surface area contributed by atoms with E-state index in [9.17, 15) is 0 Å². The van der Waals surface area contributed by atoms with Gasteiger partial charge in [-0.15, -0.1) is 11.3 Å². The van der Waals surface area contributed by atoms with Crippen LogP contribution in [0, 0.1) is 0 Å². The standard InChI is InChI=1S/C54H36N2S/c1-4-12-37(13-5-1)39-20-27-46(28-21-39)55(47-29-22-40(23-30-47)38-14-6-2-7-15-38)48-31-24-41(25-32-48)45-26-33-50-52(36-45)57-54-53(42-16-8-3-9-17-42)49-34-43-18-10-11-19-44(43)35-51(49)56(50)54/h1-36H. The van der Waals surface area contributed by atoms with E-state index < -0.39 is 0 Å². The van der Waals surface area contributed by atoms with E-state index in [1.54, 1.807) is 0 Å². The SMILES string of the molecule is c1ccc(-c2ccc(N(c3ccc(-c4ccccc4)cc3)c3ccc(-c4ccc5c(c4)sc4c(-c6ccccc6)c6cc7ccccc7cc6n45)cc3)cc2)cc1. The summed E-state index contributed by atoms with van der Waals surface area (Å²) in [6, 6.07) is 79.2. The van der Waals surface area contributed by atoms with Crippen LogP contribution in [0.25, 0.3) is 81.2 Å². The molecule has 0 aliphatic heterocycles. The molecule has 0 aliphatic carbocycles. The third kappa shape index (κ3) is 5.88. The summed E-state index contributed by atoms with van der Waals surface area (Å²) in [5.74, 6) is 0. The van der Waals surface area contributed by atoms with Crippen molar-refractivity contribution in [1.82, 2.24) is 4.40 Å². The second-order valence-electron chi connectivity index (χ2n) is 14.6. The third-order valence-electron chi connectivity index (χ3n) is 11.2. The van der Waals surface area contributed by atoms with Crippen molar-refractivity contribution in [3.8, 4) is 44.5 Å². The first-order valence-corrected chi connectivity index (χ1v) is 20.2. The minimum Gasteiger partial charge on any atom is -0.311 e. The Morgan fingerprint density at radius 1 is 0.333 bits per heavy atom. The average molecular weight is 745 g/mol. The van der Waals surface area contributed by atoms with Gasteiger partial charge >= 0.3 is 0 Å². The van der Waals surface area contributed by atoms with Crippen molar-refractivity contribution in [3.63, 3.8) is 0 Å². The predicted molar refractivity (Wildman–Crippen MR) is 244 cm³/mol. The molecule has 0 saturated heterocycles. The maximum absolute atomic E-state index is 2.47. The summed E-state index contributed by atoms with van der Waals surface area (Å²) in [6.07, 6.45) is 0. The van der Waals surface area contributed by atoms with E-state index in [2.05, 4.69) is 228 Å². The van der Waals surface area contributed by atoms with E-state index in [0.717, 1.165) is 17.1 Å². The van der Waals surface area contributed by atoms with Crippen LogP contribution in [-0.2, 0) is 0 Å². The van der Waals surface area contributed by atoms with Crippen molar-refractivity contribution in [3.05, 3.63) is 218 Å². The zero-order valence-corrected chi connectivity index (χ0v) is 31.9. The Hall–Kier alpha value is -7.20. The summed E-state index contributed by atoms with van der Waals surface area (Å²) < 4.78 is 3.75. The van der Waals surface area contributed by atoms with Crippen molar-refractivity contribution >= 4 is 65.1 Å². The summed E-state index contributed by atoms with van der Waals surface area (Å²) in [5, 5.41) is 3.82. The van der Waals surface area contributed by atoms with Crippen LogP contribution in [0.5, 0.6) is 0 Å². The summed E-state index contributed by atoms with van der Waals surface area (Å²) in [5.41, 5.74) is 15.6. The molecule has 0 amide bonds. The molecule has 2 heterocycles. The quantitative estimate of drug-likeness (QED) is 0.158. The molecular formula is C54H36N2S. The van der Waals surface area contributed by atoms with Gasteiger partial charge in [-0.05, 0) is 110 Å². The highest BCUT2D eigenvalue weighted by Crippen LogP contribution is 2.44. The molecule has 268 valence electrons. The topological polar surface area (TPSA) is 7.65 Å². The number of anilines is 3. The fourth-order valence-corrected chi connectivity index (χ4v) is 9.63. The van der Waals surface area contributed by atoms with Crippen LogP contribution in [-0.4, -0.2) is 4.40 Å². The number of rotatable bonds is 7. The van der Waals surface area contributed by atoms with Crippen molar-refractivity contribution in [2.75, 3.05) is 4.90 Å². The molecule has 11 rings (SSSR count). The van der Waals surface area contributed by atoms with Gasteiger partial charge < -0.3 is 4.90 Å². The van der Waals surface area contributed by atoms with Crippen LogP contribution in [0.4, 0.5) is 17.1 Å². The Morgan fingerprint density at radius 3 is 1.28 bits per heavy atom. The molecule has 0 atom stereocenters. The van der Waals surface area contributed by atoms with E-state index in [1.165, 1.54) is 81.2 Å². The van der Waals surface area contributed by atoms with E-state index in [0.29, 0.717) is 0 Å². The van der Waals surface area contributed by atoms with Gasteiger partial charge in [0.2, 0.25) is 0 Å². The van der Waals surface area contributed by atoms with Gasteiger partial charge in [-0.3, -0.25) is 4.40 Å². The lowest BCUT2D eigenvalue weighted by molar-refractivity contribution is 1.28. The number of fused-ring (bicyclic) bond motifs is 6. The lowest BCUT2D eigenvalue weighted by atomic mass is 10.0. The van der Waals surface area contributed by atoms with Gasteiger partial charge in [0.1, 0.15) is 4.83 Å². The number of nitrogens with zero attached hydrogens (tertiary/aromatic N) is 2. The average Bonchev–Trinajstić information content (AvgIpc) is 3.81. The summed E-state index contributed by atoms with van der Waals surface area (Å²) >= 11 is 1.88. The highest BCUT2D eigenvalue weighted by atomic mass is 32.1. The van der Waals surface area contributed by atoms with Crippen LogP contribution in [0.15, 0.2) is 218 Å². The maximum Gasteiger partial charge on any atom is 0.109 e. The Labute approximate surface area is 335 Å². The Morgan fingerprint density at radius 2 is 0.754 bits per heavy atom. The fourth-order valence-electron chi connectivity index (χ4n) is 8.35. The molecule has 11 aromatic rings. The number of benzene rings is 9. The zero-order chi connectivity index (χ0) is 37.7. The minimum absolute atomic E-state index is 1.11. The smallest absolute Gasteiger partial charge is 0.109 e. The van der Waals surface area contributed by atoms with Gasteiger partial charge in [-0.2, -0.15) is 0 Å². The third-order valence-corrected chi connectivity index (χ3v) is 12.3. The van der Waals surface area contributed by atoms with Crippen LogP contribution in [0.3, 0.4) is 0 Å². The van der Waals surface area contributed by atoms with Crippen LogP contribution in [0.2, 0.25) is 0 Å². The van der Waals surface area contributed by atoms with Gasteiger partial charge in [-0.1, -0.05) is 158 Å². The molecule has 0 spiro atoms. The second-order valence-corrected chi connectivity index (χ2v) is 15.6. The number of thiazole rings is 1. The van der Waals surface area contributed by atoms with Crippen LogP contribution >= 0.6 is 11.3 Å². The van der Waals surface area contributed by atoms with E-state index >= 15 is 0 Å². The monoisotopic (exact) mass is 744 g/mol. The van der Waals surface area contributed by atoms with Gasteiger partial charge in [0.15, 0.2) is 0 Å².